The molecule has 0 aliphatic carbocycles. The first-order valence-electron chi connectivity index (χ1n) is 10.2. The summed E-state index contributed by atoms with van der Waals surface area (Å²) in [5.74, 6) is -0.391. The fourth-order valence-electron chi connectivity index (χ4n) is 3.33. The molecule has 0 spiro atoms. The van der Waals surface area contributed by atoms with Crippen LogP contribution in [0.25, 0.3) is 10.8 Å². The van der Waals surface area contributed by atoms with Gasteiger partial charge in [0, 0.05) is 10.9 Å². The first-order chi connectivity index (χ1) is 15.2. The number of unbranched alkanes of at least 4 members (excludes halogenated alkanes) is 3. The zero-order chi connectivity index (χ0) is 23.3. The molecule has 7 heteroatoms. The smallest absolute Gasteiger partial charge is 0.399 e. The molecule has 0 saturated carbocycles. The van der Waals surface area contributed by atoms with Crippen LogP contribution in [0.5, 0.6) is 5.75 Å². The van der Waals surface area contributed by atoms with Gasteiger partial charge in [0.1, 0.15) is 5.82 Å². The van der Waals surface area contributed by atoms with E-state index in [1.165, 1.54) is 12.5 Å². The number of hydrogen-bond acceptors (Lipinski definition) is 1. The van der Waals surface area contributed by atoms with Gasteiger partial charge in [0.2, 0.25) is 5.75 Å². The zero-order valence-corrected chi connectivity index (χ0v) is 17.3. The molecule has 0 aliphatic rings. The van der Waals surface area contributed by atoms with E-state index >= 15 is 0 Å². The second kappa shape index (κ2) is 9.99. The molecule has 0 saturated heterocycles. The van der Waals surface area contributed by atoms with Crippen molar-refractivity contribution in [1.29, 1.82) is 0 Å². The largest absolute Gasteiger partial charge is 0.573 e. The third-order valence-corrected chi connectivity index (χ3v) is 4.90. The van der Waals surface area contributed by atoms with Crippen LogP contribution in [-0.2, 0) is 6.42 Å². The van der Waals surface area contributed by atoms with Gasteiger partial charge in [0.15, 0.2) is 11.6 Å². The number of fused-ring (bicyclic) bond motifs is 1. The summed E-state index contributed by atoms with van der Waals surface area (Å²) in [4.78, 5) is 0. The first-order valence-corrected chi connectivity index (χ1v) is 10.2. The Kier molecular flexibility index (Phi) is 7.34. The minimum absolute atomic E-state index is 0.00429. The van der Waals surface area contributed by atoms with Crippen molar-refractivity contribution in [2.24, 2.45) is 0 Å². The standard InChI is InChI=1S/C25H20F6O/c1-2-3-4-5-6-16-8-12-20-19(13-16)11-10-18(23(20)28)9-7-17-14-21(26)24(22(27)15-17)32-25(29,30)31/h8,10-15H,2-6H2,1H3. The van der Waals surface area contributed by atoms with E-state index in [2.05, 4.69) is 23.5 Å². The van der Waals surface area contributed by atoms with Crippen LogP contribution in [0.1, 0.15) is 49.3 Å². The molecule has 0 amide bonds. The Bertz CT molecular complexity index is 1150. The van der Waals surface area contributed by atoms with Crippen molar-refractivity contribution in [2.75, 3.05) is 0 Å². The van der Waals surface area contributed by atoms with Crippen molar-refractivity contribution in [3.8, 4) is 17.6 Å². The Morgan fingerprint density at radius 1 is 0.844 bits per heavy atom. The number of aryl methyl sites for hydroxylation is 1. The number of ether oxygens (including phenoxy) is 1. The van der Waals surface area contributed by atoms with Gasteiger partial charge in [-0.1, -0.05) is 62.3 Å². The quantitative estimate of drug-likeness (QED) is 0.213. The maximum atomic E-state index is 14.9. The van der Waals surface area contributed by atoms with Crippen molar-refractivity contribution < 1.29 is 31.1 Å². The Morgan fingerprint density at radius 3 is 2.22 bits per heavy atom. The van der Waals surface area contributed by atoms with Crippen LogP contribution in [0, 0.1) is 29.3 Å². The molecule has 0 radical (unpaired) electrons. The summed E-state index contributed by atoms with van der Waals surface area (Å²) >= 11 is 0. The zero-order valence-electron chi connectivity index (χ0n) is 17.3. The van der Waals surface area contributed by atoms with Crippen LogP contribution in [0.15, 0.2) is 42.5 Å². The molecule has 0 N–H and O–H groups in total. The van der Waals surface area contributed by atoms with Gasteiger partial charge in [-0.15, -0.1) is 13.2 Å². The van der Waals surface area contributed by atoms with Crippen LogP contribution in [0.2, 0.25) is 0 Å². The van der Waals surface area contributed by atoms with Crippen molar-refractivity contribution in [3.63, 3.8) is 0 Å². The van der Waals surface area contributed by atoms with E-state index in [1.807, 2.05) is 12.1 Å². The highest BCUT2D eigenvalue weighted by molar-refractivity contribution is 5.85. The van der Waals surface area contributed by atoms with E-state index in [0.717, 1.165) is 31.2 Å². The van der Waals surface area contributed by atoms with E-state index in [9.17, 15) is 26.3 Å². The summed E-state index contributed by atoms with van der Waals surface area (Å²) in [5, 5.41) is 1.08. The van der Waals surface area contributed by atoms with Gasteiger partial charge < -0.3 is 4.74 Å². The van der Waals surface area contributed by atoms with Crippen molar-refractivity contribution in [2.45, 2.75) is 45.4 Å². The number of alkyl halides is 3. The number of halogens is 6. The summed E-state index contributed by atoms with van der Waals surface area (Å²) in [6, 6.07) is 9.82. The second-order valence-electron chi connectivity index (χ2n) is 7.36. The number of benzene rings is 3. The monoisotopic (exact) mass is 450 g/mol. The second-order valence-corrected chi connectivity index (χ2v) is 7.36. The first kappa shape index (κ1) is 23.5. The Labute approximate surface area is 182 Å². The molecule has 3 aromatic carbocycles. The molecule has 0 unspecified atom stereocenters. The van der Waals surface area contributed by atoms with E-state index in [0.29, 0.717) is 22.9 Å². The Hall–Kier alpha value is -3.14. The lowest BCUT2D eigenvalue weighted by Gasteiger charge is -2.10. The Morgan fingerprint density at radius 2 is 1.56 bits per heavy atom. The maximum absolute atomic E-state index is 14.9. The molecule has 3 aromatic rings. The molecule has 168 valence electrons. The Balaban J connectivity index is 1.83. The summed E-state index contributed by atoms with van der Waals surface area (Å²) in [6.45, 7) is 2.14. The molecule has 0 heterocycles. The molecule has 0 fully saturated rings. The lowest BCUT2D eigenvalue weighted by molar-refractivity contribution is -0.276. The van der Waals surface area contributed by atoms with Gasteiger partial charge in [0.25, 0.3) is 0 Å². The van der Waals surface area contributed by atoms with Crippen LogP contribution in [0.3, 0.4) is 0 Å². The summed E-state index contributed by atoms with van der Waals surface area (Å²) in [7, 11) is 0. The minimum atomic E-state index is -5.24. The average molecular weight is 450 g/mol. The molecule has 0 aromatic heterocycles. The van der Waals surface area contributed by atoms with Gasteiger partial charge in [-0.2, -0.15) is 0 Å². The third kappa shape index (κ3) is 5.97. The van der Waals surface area contributed by atoms with E-state index in [-0.39, 0.29) is 11.1 Å². The highest BCUT2D eigenvalue weighted by Crippen LogP contribution is 2.29. The van der Waals surface area contributed by atoms with E-state index in [4.69, 9.17) is 0 Å². The summed E-state index contributed by atoms with van der Waals surface area (Å²) in [6.07, 6.45) is 0.198. The predicted octanol–water partition coefficient (Wildman–Crippen LogP) is 7.68. The van der Waals surface area contributed by atoms with Crippen molar-refractivity contribution in [3.05, 3.63) is 76.6 Å². The third-order valence-electron chi connectivity index (χ3n) is 4.90. The molecule has 1 nitrogen and oxygen atoms in total. The molecule has 32 heavy (non-hydrogen) atoms. The van der Waals surface area contributed by atoms with Crippen LogP contribution >= 0.6 is 0 Å². The van der Waals surface area contributed by atoms with Crippen LogP contribution in [0.4, 0.5) is 26.3 Å². The molecule has 0 atom stereocenters. The molecular formula is C25H20F6O. The molecule has 0 aliphatic heterocycles. The van der Waals surface area contributed by atoms with Gasteiger partial charge in [0.05, 0.1) is 5.56 Å². The lowest BCUT2D eigenvalue weighted by Crippen LogP contribution is -2.19. The molecule has 0 bridgehead atoms. The van der Waals surface area contributed by atoms with E-state index < -0.39 is 29.6 Å². The van der Waals surface area contributed by atoms with Gasteiger partial charge in [-0.05, 0) is 42.0 Å². The number of hydrogen-bond donors (Lipinski definition) is 0. The SMILES string of the molecule is CCCCCCc1ccc2c(F)c(C#Cc3cc(F)c(OC(F)(F)F)c(F)c3)ccc2c1. The van der Waals surface area contributed by atoms with Crippen LogP contribution in [-0.4, -0.2) is 6.36 Å². The highest BCUT2D eigenvalue weighted by Gasteiger charge is 2.34. The van der Waals surface area contributed by atoms with Gasteiger partial charge in [-0.25, -0.2) is 13.2 Å². The van der Waals surface area contributed by atoms with E-state index in [1.54, 1.807) is 12.1 Å². The lowest BCUT2D eigenvalue weighted by atomic mass is 10.00. The fraction of sp³-hybridized carbons (Fsp3) is 0.280. The predicted molar refractivity (Wildman–Crippen MR) is 111 cm³/mol. The summed E-state index contributed by atoms with van der Waals surface area (Å²) < 4.78 is 82.5. The topological polar surface area (TPSA) is 9.23 Å². The number of rotatable bonds is 6. The molecule has 3 rings (SSSR count). The minimum Gasteiger partial charge on any atom is -0.399 e. The van der Waals surface area contributed by atoms with Crippen molar-refractivity contribution >= 4 is 10.8 Å². The average Bonchev–Trinajstić information content (AvgIpc) is 2.73. The maximum Gasteiger partial charge on any atom is 0.573 e. The van der Waals surface area contributed by atoms with Gasteiger partial charge >= 0.3 is 6.36 Å². The summed E-state index contributed by atoms with van der Waals surface area (Å²) in [5.41, 5.74) is 0.861. The highest BCUT2D eigenvalue weighted by atomic mass is 19.4. The van der Waals surface area contributed by atoms with Crippen LogP contribution < -0.4 is 4.74 Å². The molecular weight excluding hydrogens is 430 g/mol. The fourth-order valence-corrected chi connectivity index (χ4v) is 3.33. The normalized spacial score (nSPS) is 11.3. The van der Waals surface area contributed by atoms with Gasteiger partial charge in [-0.3, -0.25) is 0 Å². The van der Waals surface area contributed by atoms with Crippen molar-refractivity contribution in [1.82, 2.24) is 0 Å².